The molecule has 0 fully saturated rings. The van der Waals surface area contributed by atoms with Gasteiger partial charge in [-0.3, -0.25) is 4.21 Å². The first kappa shape index (κ1) is 13.9. The maximum Gasteiger partial charge on any atom is 0.335 e. The summed E-state index contributed by atoms with van der Waals surface area (Å²) in [4.78, 5) is 10.8. The molecule has 0 heterocycles. The first-order valence-electron chi connectivity index (χ1n) is 5.36. The van der Waals surface area contributed by atoms with Crippen molar-refractivity contribution in [1.82, 2.24) is 5.32 Å². The zero-order valence-electron chi connectivity index (χ0n) is 9.97. The second-order valence-corrected chi connectivity index (χ2v) is 5.75. The largest absolute Gasteiger partial charge is 0.478 e. The summed E-state index contributed by atoms with van der Waals surface area (Å²) in [6.07, 6.45) is 1.68. The van der Waals surface area contributed by atoms with E-state index in [0.29, 0.717) is 13.1 Å². The van der Waals surface area contributed by atoms with E-state index in [-0.39, 0.29) is 10.8 Å². The summed E-state index contributed by atoms with van der Waals surface area (Å²) >= 11 is 0. The van der Waals surface area contributed by atoms with Crippen molar-refractivity contribution < 1.29 is 14.1 Å². The lowest BCUT2D eigenvalue weighted by Gasteiger charge is -2.10. The number of nitrogens with one attached hydrogen (secondary N) is 1. The molecular weight excluding hydrogens is 238 g/mol. The Balaban J connectivity index is 2.49. The van der Waals surface area contributed by atoms with Crippen molar-refractivity contribution in [3.63, 3.8) is 0 Å². The van der Waals surface area contributed by atoms with Gasteiger partial charge in [-0.15, -0.1) is 0 Å². The number of carbonyl (C=O) groups is 1. The Bertz CT molecular complexity index is 420. The quantitative estimate of drug-likeness (QED) is 0.802. The van der Waals surface area contributed by atoms with Gasteiger partial charge in [-0.2, -0.15) is 0 Å². The Hall–Kier alpha value is -1.20. The lowest BCUT2D eigenvalue weighted by atomic mass is 10.1. The van der Waals surface area contributed by atoms with E-state index in [1.807, 2.05) is 13.0 Å². The molecule has 0 aliphatic rings. The molecule has 1 rings (SSSR count). The van der Waals surface area contributed by atoms with Gasteiger partial charge in [0, 0.05) is 35.4 Å². The van der Waals surface area contributed by atoms with Gasteiger partial charge in [-0.1, -0.05) is 12.1 Å². The summed E-state index contributed by atoms with van der Waals surface area (Å²) in [6.45, 7) is 3.15. The number of hydrogen-bond acceptors (Lipinski definition) is 3. The molecule has 5 heteroatoms. The van der Waals surface area contributed by atoms with Gasteiger partial charge in [-0.05, 0) is 24.6 Å². The van der Waals surface area contributed by atoms with Crippen LogP contribution in [-0.4, -0.2) is 33.3 Å². The van der Waals surface area contributed by atoms with Crippen molar-refractivity contribution in [1.29, 1.82) is 0 Å². The number of rotatable bonds is 6. The molecule has 17 heavy (non-hydrogen) atoms. The number of carboxylic acids is 1. The molecular formula is C12H17NO3S. The second-order valence-electron chi connectivity index (χ2n) is 3.95. The molecule has 2 N–H and O–H groups in total. The number of aromatic carboxylic acids is 1. The van der Waals surface area contributed by atoms with E-state index >= 15 is 0 Å². The summed E-state index contributed by atoms with van der Waals surface area (Å²) in [6, 6.07) is 6.80. The molecule has 0 saturated carbocycles. The minimum Gasteiger partial charge on any atom is -0.478 e. The fourth-order valence-corrected chi connectivity index (χ4v) is 1.70. The fraction of sp³-hybridized carbons (Fsp3) is 0.417. The molecule has 1 aromatic rings. The molecule has 0 aliphatic heterocycles. The summed E-state index contributed by atoms with van der Waals surface area (Å²) in [7, 11) is -0.837. The monoisotopic (exact) mass is 255 g/mol. The Labute approximate surface area is 104 Å². The molecule has 0 spiro atoms. The van der Waals surface area contributed by atoms with Crippen molar-refractivity contribution in [3.8, 4) is 0 Å². The standard InChI is InChI=1S/C12H17NO3S/c1-9(17(2)16)7-13-8-10-4-3-5-11(6-10)12(14)15/h3-6,9,13H,7-8H2,1-2H3,(H,14,15). The molecule has 2 unspecified atom stereocenters. The van der Waals surface area contributed by atoms with E-state index in [4.69, 9.17) is 5.11 Å². The van der Waals surface area contributed by atoms with Gasteiger partial charge in [0.25, 0.3) is 0 Å². The molecule has 1 aromatic carbocycles. The van der Waals surface area contributed by atoms with E-state index < -0.39 is 16.8 Å². The highest BCUT2D eigenvalue weighted by atomic mass is 32.2. The number of carboxylic acid groups (broad SMARTS) is 1. The van der Waals surface area contributed by atoms with E-state index in [1.54, 1.807) is 24.5 Å². The van der Waals surface area contributed by atoms with Crippen molar-refractivity contribution in [3.05, 3.63) is 35.4 Å². The number of benzene rings is 1. The van der Waals surface area contributed by atoms with Gasteiger partial charge >= 0.3 is 5.97 Å². The van der Waals surface area contributed by atoms with Gasteiger partial charge in [-0.25, -0.2) is 4.79 Å². The van der Waals surface area contributed by atoms with Crippen LogP contribution in [0.3, 0.4) is 0 Å². The minimum absolute atomic E-state index is 0.0951. The third kappa shape index (κ3) is 4.66. The fourth-order valence-electron chi connectivity index (χ4n) is 1.35. The van der Waals surface area contributed by atoms with E-state index in [2.05, 4.69) is 5.32 Å². The minimum atomic E-state index is -0.921. The van der Waals surface area contributed by atoms with Crippen LogP contribution in [0.2, 0.25) is 0 Å². The molecule has 94 valence electrons. The van der Waals surface area contributed by atoms with Crippen molar-refractivity contribution in [2.24, 2.45) is 0 Å². The molecule has 0 saturated heterocycles. The van der Waals surface area contributed by atoms with Gasteiger partial charge in [0.05, 0.1) is 5.56 Å². The highest BCUT2D eigenvalue weighted by Crippen LogP contribution is 2.05. The van der Waals surface area contributed by atoms with Gasteiger partial charge < -0.3 is 10.4 Å². The summed E-state index contributed by atoms with van der Waals surface area (Å²) in [5.41, 5.74) is 1.20. The van der Waals surface area contributed by atoms with Gasteiger partial charge in [0.1, 0.15) is 0 Å². The number of hydrogen-bond donors (Lipinski definition) is 2. The van der Waals surface area contributed by atoms with Crippen molar-refractivity contribution in [2.45, 2.75) is 18.7 Å². The zero-order valence-corrected chi connectivity index (χ0v) is 10.8. The highest BCUT2D eigenvalue weighted by Gasteiger charge is 2.06. The lowest BCUT2D eigenvalue weighted by Crippen LogP contribution is -2.27. The van der Waals surface area contributed by atoms with Crippen LogP contribution >= 0.6 is 0 Å². The van der Waals surface area contributed by atoms with E-state index in [0.717, 1.165) is 5.56 Å². The first-order chi connectivity index (χ1) is 8.00. The predicted molar refractivity (Wildman–Crippen MR) is 68.6 cm³/mol. The molecule has 0 radical (unpaired) electrons. The van der Waals surface area contributed by atoms with Crippen LogP contribution in [-0.2, 0) is 17.3 Å². The van der Waals surface area contributed by atoms with Crippen molar-refractivity contribution in [2.75, 3.05) is 12.8 Å². The summed E-state index contributed by atoms with van der Waals surface area (Å²) < 4.78 is 11.1. The first-order valence-corrected chi connectivity index (χ1v) is 6.98. The predicted octanol–water partition coefficient (Wildman–Crippen LogP) is 1.24. The summed E-state index contributed by atoms with van der Waals surface area (Å²) in [5.74, 6) is -0.921. The Morgan fingerprint density at radius 3 is 2.82 bits per heavy atom. The van der Waals surface area contributed by atoms with Crippen LogP contribution in [0.15, 0.2) is 24.3 Å². The van der Waals surface area contributed by atoms with Crippen LogP contribution in [0.25, 0.3) is 0 Å². The van der Waals surface area contributed by atoms with E-state index in [9.17, 15) is 9.00 Å². The Morgan fingerprint density at radius 1 is 1.53 bits per heavy atom. The smallest absolute Gasteiger partial charge is 0.335 e. The zero-order chi connectivity index (χ0) is 12.8. The van der Waals surface area contributed by atoms with Crippen LogP contribution in [0.1, 0.15) is 22.8 Å². The highest BCUT2D eigenvalue weighted by molar-refractivity contribution is 7.84. The lowest BCUT2D eigenvalue weighted by molar-refractivity contribution is 0.0696. The molecule has 0 aliphatic carbocycles. The van der Waals surface area contributed by atoms with Crippen molar-refractivity contribution >= 4 is 16.8 Å². The van der Waals surface area contributed by atoms with Gasteiger partial charge in [0.2, 0.25) is 0 Å². The van der Waals surface area contributed by atoms with Gasteiger partial charge in [0.15, 0.2) is 0 Å². The topological polar surface area (TPSA) is 66.4 Å². The SMILES string of the molecule is CC(CNCc1cccc(C(=O)O)c1)S(C)=O. The van der Waals surface area contributed by atoms with Crippen LogP contribution in [0.4, 0.5) is 0 Å². The normalized spacial score (nSPS) is 14.2. The Kier molecular flexibility index (Phi) is 5.31. The van der Waals surface area contributed by atoms with Crippen LogP contribution in [0, 0.1) is 0 Å². The molecule has 4 nitrogen and oxygen atoms in total. The van der Waals surface area contributed by atoms with E-state index in [1.165, 1.54) is 0 Å². The molecule has 0 aromatic heterocycles. The molecule has 0 bridgehead atoms. The second kappa shape index (κ2) is 6.51. The molecule has 2 atom stereocenters. The average molecular weight is 255 g/mol. The van der Waals surface area contributed by atoms with Crippen LogP contribution in [0.5, 0.6) is 0 Å². The average Bonchev–Trinajstić information content (AvgIpc) is 2.29. The third-order valence-corrected chi connectivity index (χ3v) is 3.80. The molecule has 0 amide bonds. The third-order valence-electron chi connectivity index (χ3n) is 2.50. The maximum absolute atomic E-state index is 11.1. The Morgan fingerprint density at radius 2 is 2.24 bits per heavy atom. The maximum atomic E-state index is 11.1. The van der Waals surface area contributed by atoms with Crippen LogP contribution < -0.4 is 5.32 Å². The summed E-state index contributed by atoms with van der Waals surface area (Å²) in [5, 5.41) is 12.1.